The van der Waals surface area contributed by atoms with Crippen LogP contribution in [0.1, 0.15) is 36.6 Å². The third-order valence-electron chi connectivity index (χ3n) is 4.35. The number of anilines is 1. The number of aromatic nitrogens is 2. The molecule has 2 amide bonds. The van der Waals surface area contributed by atoms with Gasteiger partial charge in [0.05, 0.1) is 16.2 Å². The van der Waals surface area contributed by atoms with Gasteiger partial charge in [-0.2, -0.15) is 5.10 Å². The molecule has 1 aliphatic heterocycles. The molecule has 1 aromatic heterocycles. The van der Waals surface area contributed by atoms with Gasteiger partial charge < -0.3 is 10.2 Å². The lowest BCUT2D eigenvalue weighted by Crippen LogP contribution is -2.39. The zero-order chi connectivity index (χ0) is 19.7. The fourth-order valence-electron chi connectivity index (χ4n) is 3.15. The van der Waals surface area contributed by atoms with Crippen LogP contribution in [0.2, 0.25) is 0 Å². The van der Waals surface area contributed by atoms with Gasteiger partial charge in [-0.25, -0.2) is 13.2 Å². The predicted octanol–water partition coefficient (Wildman–Crippen LogP) is 3.56. The summed E-state index contributed by atoms with van der Waals surface area (Å²) in [6.07, 6.45) is -0.453. The Morgan fingerprint density at radius 3 is 2.78 bits per heavy atom. The van der Waals surface area contributed by atoms with Crippen LogP contribution < -0.4 is 5.32 Å². The van der Waals surface area contributed by atoms with Crippen LogP contribution in [0.25, 0.3) is 0 Å². The Morgan fingerprint density at radius 2 is 2.11 bits per heavy atom. The number of halogens is 4. The molecule has 1 atom stereocenters. The summed E-state index contributed by atoms with van der Waals surface area (Å²) in [5.41, 5.74) is -0.244. The summed E-state index contributed by atoms with van der Waals surface area (Å²) in [7, 11) is 1.43. The molecule has 1 aromatic carbocycles. The van der Waals surface area contributed by atoms with Crippen LogP contribution in [0.15, 0.2) is 28.9 Å². The highest BCUT2D eigenvalue weighted by Gasteiger charge is 2.34. The molecule has 0 aliphatic carbocycles. The molecule has 2 heterocycles. The number of rotatable bonds is 3. The van der Waals surface area contributed by atoms with Gasteiger partial charge in [-0.15, -0.1) is 0 Å². The average Bonchev–Trinajstić information content (AvgIpc) is 3.23. The van der Waals surface area contributed by atoms with Gasteiger partial charge in [-0.05, 0) is 46.5 Å². The second kappa shape index (κ2) is 7.71. The molecule has 10 heteroatoms. The molecular formula is C17H16BrF3N4O2. The van der Waals surface area contributed by atoms with Gasteiger partial charge in [0, 0.05) is 19.8 Å². The Morgan fingerprint density at radius 1 is 1.37 bits per heavy atom. The van der Waals surface area contributed by atoms with Gasteiger partial charge in [0.2, 0.25) is 0 Å². The normalized spacial score (nSPS) is 16.8. The van der Waals surface area contributed by atoms with Crippen molar-refractivity contribution in [1.29, 1.82) is 0 Å². The Balaban J connectivity index is 1.78. The van der Waals surface area contributed by atoms with Gasteiger partial charge in [-0.3, -0.25) is 14.3 Å². The predicted molar refractivity (Wildman–Crippen MR) is 94.6 cm³/mol. The van der Waals surface area contributed by atoms with Crippen LogP contribution in [-0.2, 0) is 16.6 Å². The second-order valence-electron chi connectivity index (χ2n) is 6.19. The average molecular weight is 445 g/mol. The van der Waals surface area contributed by atoms with Crippen molar-refractivity contribution in [2.24, 2.45) is 7.05 Å². The highest BCUT2D eigenvalue weighted by Crippen LogP contribution is 2.34. The molecule has 1 aliphatic rings. The molecule has 1 unspecified atom stereocenters. The molecule has 0 saturated carbocycles. The molecule has 27 heavy (non-hydrogen) atoms. The van der Waals surface area contributed by atoms with Gasteiger partial charge in [-0.1, -0.05) is 6.07 Å². The van der Waals surface area contributed by atoms with E-state index in [4.69, 9.17) is 0 Å². The minimum atomic E-state index is -2.89. The summed E-state index contributed by atoms with van der Waals surface area (Å²) in [6, 6.07) is 4.08. The van der Waals surface area contributed by atoms with Gasteiger partial charge in [0.25, 0.3) is 6.43 Å². The zero-order valence-corrected chi connectivity index (χ0v) is 15.8. The number of nitrogens with one attached hydrogen (secondary N) is 1. The quantitative estimate of drug-likeness (QED) is 0.735. The molecule has 2 aromatic rings. The van der Waals surface area contributed by atoms with Crippen molar-refractivity contribution in [2.75, 3.05) is 11.9 Å². The van der Waals surface area contributed by atoms with E-state index in [9.17, 15) is 22.8 Å². The summed E-state index contributed by atoms with van der Waals surface area (Å²) >= 11 is 3.07. The van der Waals surface area contributed by atoms with E-state index in [2.05, 4.69) is 26.3 Å². The van der Waals surface area contributed by atoms with E-state index in [1.165, 1.54) is 30.3 Å². The lowest BCUT2D eigenvalue weighted by atomic mass is 10.0. The van der Waals surface area contributed by atoms with Crippen LogP contribution in [0.5, 0.6) is 0 Å². The first-order valence-electron chi connectivity index (χ1n) is 8.16. The summed E-state index contributed by atoms with van der Waals surface area (Å²) in [5, 5.41) is 5.79. The molecule has 1 N–H and O–H groups in total. The number of likely N-dealkylation sites (tertiary alicyclic amines) is 1. The standard InChI is InChI=1S/C17H16BrF3N4O2/c1-24-8-12(14(23-24)15(20)21)22-16(26)17(27)25-6-2-3-13(25)9-4-5-10(18)11(19)7-9/h4-5,7-8,13,15H,2-3,6H2,1H3,(H,22,26). The van der Waals surface area contributed by atoms with E-state index >= 15 is 0 Å². The Hall–Kier alpha value is -2.36. The first-order valence-corrected chi connectivity index (χ1v) is 8.96. The summed E-state index contributed by atoms with van der Waals surface area (Å²) in [4.78, 5) is 26.2. The van der Waals surface area contributed by atoms with Crippen LogP contribution in [0.4, 0.5) is 18.9 Å². The number of benzene rings is 1. The van der Waals surface area contributed by atoms with E-state index in [0.29, 0.717) is 29.4 Å². The molecule has 0 radical (unpaired) electrons. The van der Waals surface area contributed by atoms with Gasteiger partial charge in [0.15, 0.2) is 5.69 Å². The maximum absolute atomic E-state index is 13.8. The van der Waals surface area contributed by atoms with Crippen LogP contribution in [0.3, 0.4) is 0 Å². The van der Waals surface area contributed by atoms with E-state index in [1.54, 1.807) is 6.07 Å². The molecule has 3 rings (SSSR count). The van der Waals surface area contributed by atoms with Crippen molar-refractivity contribution >= 4 is 33.4 Å². The van der Waals surface area contributed by atoms with Crippen LogP contribution >= 0.6 is 15.9 Å². The fraction of sp³-hybridized carbons (Fsp3) is 0.353. The Labute approximate surface area is 161 Å². The molecule has 144 valence electrons. The molecule has 1 saturated heterocycles. The molecule has 0 bridgehead atoms. The molecular weight excluding hydrogens is 429 g/mol. The van der Waals surface area contributed by atoms with Crippen molar-refractivity contribution in [2.45, 2.75) is 25.3 Å². The Bertz CT molecular complexity index is 887. The number of carbonyl (C=O) groups is 2. The SMILES string of the molecule is Cn1cc(NC(=O)C(=O)N2CCCC2c2ccc(Br)c(F)c2)c(C(F)F)n1. The highest BCUT2D eigenvalue weighted by molar-refractivity contribution is 9.10. The number of aryl methyl sites for hydroxylation is 1. The number of amides is 2. The zero-order valence-electron chi connectivity index (χ0n) is 14.3. The lowest BCUT2D eigenvalue weighted by Gasteiger charge is -2.24. The monoisotopic (exact) mass is 444 g/mol. The number of hydrogen-bond donors (Lipinski definition) is 1. The smallest absolute Gasteiger partial charge is 0.314 e. The van der Waals surface area contributed by atoms with Crippen molar-refractivity contribution in [3.05, 3.63) is 45.9 Å². The second-order valence-corrected chi connectivity index (χ2v) is 7.04. The summed E-state index contributed by atoms with van der Waals surface area (Å²) in [6.45, 7) is 0.323. The third kappa shape index (κ3) is 4.00. The fourth-order valence-corrected chi connectivity index (χ4v) is 3.39. The maximum Gasteiger partial charge on any atom is 0.314 e. The van der Waals surface area contributed by atoms with Gasteiger partial charge >= 0.3 is 11.8 Å². The first kappa shape index (κ1) is 19.4. The lowest BCUT2D eigenvalue weighted by molar-refractivity contribution is -0.143. The third-order valence-corrected chi connectivity index (χ3v) is 4.99. The van der Waals surface area contributed by atoms with Crippen molar-refractivity contribution in [1.82, 2.24) is 14.7 Å². The summed E-state index contributed by atoms with van der Waals surface area (Å²) in [5.74, 6) is -2.35. The minimum Gasteiger partial charge on any atom is -0.327 e. The van der Waals surface area contributed by atoms with Crippen molar-refractivity contribution < 1.29 is 22.8 Å². The minimum absolute atomic E-state index is 0.212. The highest BCUT2D eigenvalue weighted by atomic mass is 79.9. The van der Waals surface area contributed by atoms with E-state index in [-0.39, 0.29) is 5.69 Å². The van der Waals surface area contributed by atoms with E-state index in [0.717, 1.165) is 4.68 Å². The van der Waals surface area contributed by atoms with E-state index < -0.39 is 35.8 Å². The Kier molecular flexibility index (Phi) is 5.54. The van der Waals surface area contributed by atoms with Crippen molar-refractivity contribution in [3.8, 4) is 0 Å². The van der Waals surface area contributed by atoms with E-state index in [1.807, 2.05) is 0 Å². The number of alkyl halides is 2. The topological polar surface area (TPSA) is 67.2 Å². The largest absolute Gasteiger partial charge is 0.327 e. The first-order chi connectivity index (χ1) is 12.8. The van der Waals surface area contributed by atoms with Crippen LogP contribution in [-0.4, -0.2) is 33.0 Å². The van der Waals surface area contributed by atoms with Crippen molar-refractivity contribution in [3.63, 3.8) is 0 Å². The number of hydrogen-bond acceptors (Lipinski definition) is 3. The summed E-state index contributed by atoms with van der Waals surface area (Å²) < 4.78 is 41.2. The molecule has 6 nitrogen and oxygen atoms in total. The number of nitrogens with zero attached hydrogens (tertiary/aromatic N) is 3. The van der Waals surface area contributed by atoms with Crippen LogP contribution in [0, 0.1) is 5.82 Å². The van der Waals surface area contributed by atoms with Gasteiger partial charge in [0.1, 0.15) is 5.82 Å². The maximum atomic E-state index is 13.8. The molecule has 1 fully saturated rings. The number of carbonyl (C=O) groups excluding carboxylic acids is 2. The molecule has 0 spiro atoms.